The smallest absolute Gasteiger partial charge is 0.126 e. The van der Waals surface area contributed by atoms with E-state index in [1.54, 1.807) is 0 Å². The molecule has 0 radical (unpaired) electrons. The van der Waals surface area contributed by atoms with Crippen LogP contribution in [0.3, 0.4) is 0 Å². The second kappa shape index (κ2) is 4.76. The summed E-state index contributed by atoms with van der Waals surface area (Å²) in [7, 11) is 2.41. The number of benzene rings is 1. The molecule has 3 aliphatic carbocycles. The van der Waals surface area contributed by atoms with E-state index in [0.717, 1.165) is 42.5 Å². The molecule has 3 heteroatoms. The van der Waals surface area contributed by atoms with Gasteiger partial charge in [0.1, 0.15) is 17.4 Å². The lowest BCUT2D eigenvalue weighted by molar-refractivity contribution is -0.950. The van der Waals surface area contributed by atoms with E-state index in [2.05, 4.69) is 13.1 Å². The number of aliphatic hydroxyl groups is 1. The zero-order chi connectivity index (χ0) is 16.6. The summed E-state index contributed by atoms with van der Waals surface area (Å²) in [6.45, 7) is 2.43. The minimum Gasteiger partial charge on any atom is -0.508 e. The highest BCUT2D eigenvalue weighted by Crippen LogP contribution is 2.60. The van der Waals surface area contributed by atoms with Crippen molar-refractivity contribution in [1.29, 1.82) is 0 Å². The van der Waals surface area contributed by atoms with Gasteiger partial charge in [-0.3, -0.25) is 0 Å². The fourth-order valence-electron chi connectivity index (χ4n) is 6.62. The van der Waals surface area contributed by atoms with Crippen LogP contribution < -0.4 is 0 Å². The molecule has 0 amide bonds. The molecule has 2 bridgehead atoms. The fourth-order valence-corrected chi connectivity index (χ4v) is 6.62. The molecule has 0 aromatic heterocycles. The van der Waals surface area contributed by atoms with E-state index in [1.165, 1.54) is 43.5 Å². The molecule has 1 saturated heterocycles. The third kappa shape index (κ3) is 1.86. The van der Waals surface area contributed by atoms with Crippen LogP contribution in [0.15, 0.2) is 18.2 Å². The molecular weight excluding hydrogens is 298 g/mol. The SMILES string of the molecule is C[N+]1(CC2CC2)CCC23CCCCC2(O)C1Cc1ccc(O)cc13. The molecule has 5 rings (SSSR count). The van der Waals surface area contributed by atoms with Gasteiger partial charge < -0.3 is 14.7 Å². The van der Waals surface area contributed by atoms with Crippen LogP contribution in [0.25, 0.3) is 0 Å². The Hall–Kier alpha value is -1.06. The Morgan fingerprint density at radius 2 is 1.96 bits per heavy atom. The van der Waals surface area contributed by atoms with Crippen LogP contribution in [0, 0.1) is 5.92 Å². The normalized spacial score (nSPS) is 43.8. The van der Waals surface area contributed by atoms with Crippen LogP contribution in [-0.2, 0) is 11.8 Å². The number of piperidine rings is 1. The maximum absolute atomic E-state index is 12.1. The molecule has 24 heavy (non-hydrogen) atoms. The number of aromatic hydroxyl groups is 1. The third-order valence-electron chi connectivity index (χ3n) is 7.99. The predicted octanol–water partition coefficient (Wildman–Crippen LogP) is 3.12. The van der Waals surface area contributed by atoms with Crippen molar-refractivity contribution in [2.45, 2.75) is 68.4 Å². The minimum atomic E-state index is -0.589. The lowest BCUT2D eigenvalue weighted by atomic mass is 9.49. The van der Waals surface area contributed by atoms with Crippen LogP contribution in [0.4, 0.5) is 0 Å². The van der Waals surface area contributed by atoms with E-state index in [1.807, 2.05) is 12.1 Å². The second-order valence-electron chi connectivity index (χ2n) is 9.35. The Bertz CT molecular complexity index is 684. The van der Waals surface area contributed by atoms with Gasteiger partial charge in [-0.05, 0) is 48.9 Å². The molecule has 3 fully saturated rings. The van der Waals surface area contributed by atoms with E-state index >= 15 is 0 Å². The van der Waals surface area contributed by atoms with Gasteiger partial charge in [-0.1, -0.05) is 18.9 Å². The molecular formula is C21H30NO2+. The van der Waals surface area contributed by atoms with E-state index < -0.39 is 5.60 Å². The van der Waals surface area contributed by atoms with Crippen LogP contribution in [0.1, 0.15) is 56.1 Å². The van der Waals surface area contributed by atoms with Crippen molar-refractivity contribution < 1.29 is 14.7 Å². The van der Waals surface area contributed by atoms with Gasteiger partial charge in [0.2, 0.25) is 0 Å². The molecule has 1 heterocycles. The molecule has 0 spiro atoms. The van der Waals surface area contributed by atoms with Crippen molar-refractivity contribution in [2.75, 3.05) is 20.1 Å². The zero-order valence-corrected chi connectivity index (χ0v) is 14.8. The van der Waals surface area contributed by atoms with Crippen molar-refractivity contribution in [3.8, 4) is 5.75 Å². The van der Waals surface area contributed by atoms with Gasteiger partial charge in [-0.15, -0.1) is 0 Å². The summed E-state index contributed by atoms with van der Waals surface area (Å²) in [5.74, 6) is 1.24. The molecule has 1 aromatic rings. The average molecular weight is 328 g/mol. The largest absolute Gasteiger partial charge is 0.508 e. The van der Waals surface area contributed by atoms with E-state index in [0.29, 0.717) is 11.8 Å². The van der Waals surface area contributed by atoms with Crippen molar-refractivity contribution in [3.63, 3.8) is 0 Å². The number of phenols is 1. The highest BCUT2D eigenvalue weighted by Gasteiger charge is 2.68. The van der Waals surface area contributed by atoms with Crippen molar-refractivity contribution >= 4 is 0 Å². The number of hydrogen-bond acceptors (Lipinski definition) is 2. The number of likely N-dealkylation sites (tertiary alicyclic amines) is 1. The van der Waals surface area contributed by atoms with E-state index in [9.17, 15) is 10.2 Å². The van der Waals surface area contributed by atoms with Gasteiger partial charge in [0.15, 0.2) is 0 Å². The lowest BCUT2D eigenvalue weighted by Gasteiger charge is -2.65. The Balaban J connectivity index is 1.67. The number of quaternary nitrogens is 1. The molecule has 4 aliphatic rings. The van der Waals surface area contributed by atoms with Crippen LogP contribution in [0.2, 0.25) is 0 Å². The average Bonchev–Trinajstić information content (AvgIpc) is 3.35. The molecule has 1 aromatic carbocycles. The number of rotatable bonds is 2. The van der Waals surface area contributed by atoms with Crippen LogP contribution >= 0.6 is 0 Å². The van der Waals surface area contributed by atoms with Gasteiger partial charge in [-0.2, -0.15) is 0 Å². The van der Waals surface area contributed by atoms with Gasteiger partial charge in [0, 0.05) is 24.2 Å². The zero-order valence-electron chi connectivity index (χ0n) is 14.8. The Labute approximate surface area is 144 Å². The second-order valence-corrected chi connectivity index (χ2v) is 9.35. The highest BCUT2D eigenvalue weighted by atomic mass is 16.3. The molecule has 4 atom stereocenters. The molecule has 1 aliphatic heterocycles. The van der Waals surface area contributed by atoms with Crippen LogP contribution in [0.5, 0.6) is 5.75 Å². The van der Waals surface area contributed by atoms with Crippen molar-refractivity contribution in [1.82, 2.24) is 0 Å². The van der Waals surface area contributed by atoms with E-state index in [-0.39, 0.29) is 5.41 Å². The first-order valence-corrected chi connectivity index (χ1v) is 9.86. The summed E-state index contributed by atoms with van der Waals surface area (Å²) in [5.41, 5.74) is 1.93. The third-order valence-corrected chi connectivity index (χ3v) is 7.99. The number of phenolic OH excluding ortho intramolecular Hbond substituents is 1. The number of hydrogen-bond donors (Lipinski definition) is 2. The first-order chi connectivity index (χ1) is 11.5. The molecule has 2 saturated carbocycles. The number of likely N-dealkylation sites (N-methyl/N-ethyl adjacent to an activating group) is 1. The summed E-state index contributed by atoms with van der Waals surface area (Å²) in [6, 6.07) is 6.26. The fraction of sp³-hybridized carbons (Fsp3) is 0.714. The summed E-state index contributed by atoms with van der Waals surface area (Å²) < 4.78 is 1.06. The van der Waals surface area contributed by atoms with Crippen molar-refractivity contribution in [2.24, 2.45) is 5.92 Å². The standard InChI is InChI=1S/C21H29NO2/c1-22(14-15-4-5-15)11-10-20-8-2-3-9-21(20,24)19(22)12-16-6-7-17(23)13-18(16)20/h6-7,13,15,19,24H,2-5,8-12,14H2,1H3/p+1. The Morgan fingerprint density at radius 1 is 1.17 bits per heavy atom. The first kappa shape index (κ1) is 15.2. The quantitative estimate of drug-likeness (QED) is 0.819. The van der Waals surface area contributed by atoms with Gasteiger partial charge >= 0.3 is 0 Å². The summed E-state index contributed by atoms with van der Waals surface area (Å²) in [4.78, 5) is 0. The molecule has 3 nitrogen and oxygen atoms in total. The van der Waals surface area contributed by atoms with Gasteiger partial charge in [-0.25, -0.2) is 0 Å². The number of nitrogens with zero attached hydrogens (tertiary/aromatic N) is 1. The highest BCUT2D eigenvalue weighted by molar-refractivity contribution is 5.47. The topological polar surface area (TPSA) is 40.5 Å². The van der Waals surface area contributed by atoms with Crippen LogP contribution in [-0.4, -0.2) is 46.5 Å². The van der Waals surface area contributed by atoms with Gasteiger partial charge in [0.05, 0.1) is 20.1 Å². The van der Waals surface area contributed by atoms with Gasteiger partial charge in [0.25, 0.3) is 0 Å². The Kier molecular flexibility index (Phi) is 3.02. The summed E-state index contributed by atoms with van der Waals surface area (Å²) in [5, 5.41) is 22.2. The maximum atomic E-state index is 12.1. The maximum Gasteiger partial charge on any atom is 0.126 e. The number of fused-ring (bicyclic) bond motifs is 1. The summed E-state index contributed by atoms with van der Waals surface area (Å²) in [6.07, 6.45) is 9.17. The Morgan fingerprint density at radius 3 is 2.75 bits per heavy atom. The monoisotopic (exact) mass is 328 g/mol. The molecule has 130 valence electrons. The summed E-state index contributed by atoms with van der Waals surface area (Å²) >= 11 is 0. The lowest BCUT2D eigenvalue weighted by Crippen LogP contribution is -2.77. The first-order valence-electron chi connectivity index (χ1n) is 9.86. The molecule has 2 N–H and O–H groups in total. The predicted molar refractivity (Wildman–Crippen MR) is 94.0 cm³/mol. The minimum absolute atomic E-state index is 0.121. The van der Waals surface area contributed by atoms with E-state index in [4.69, 9.17) is 0 Å². The molecule has 4 unspecified atom stereocenters. The van der Waals surface area contributed by atoms with Crippen molar-refractivity contribution in [3.05, 3.63) is 29.3 Å².